The second kappa shape index (κ2) is 6.07. The number of nitrogens with zero attached hydrogens (tertiary/aromatic N) is 1. The molecular formula is C19H35NO2. The molecule has 0 spiro atoms. The van der Waals surface area contributed by atoms with Crippen LogP contribution in [0.15, 0.2) is 0 Å². The van der Waals surface area contributed by atoms with E-state index in [0.717, 1.165) is 19.0 Å². The molecule has 0 aromatic heterocycles. The quantitative estimate of drug-likeness (QED) is 0.844. The Kier molecular flexibility index (Phi) is 4.61. The summed E-state index contributed by atoms with van der Waals surface area (Å²) in [5.74, 6) is 0.807. The zero-order valence-corrected chi connectivity index (χ0v) is 15.0. The number of hydrogen-bond donors (Lipinski definition) is 1. The molecule has 0 amide bonds. The second-order valence-corrected chi connectivity index (χ2v) is 8.93. The summed E-state index contributed by atoms with van der Waals surface area (Å²) in [5.41, 5.74) is 0.694. The minimum Gasteiger partial charge on any atom is -0.389 e. The van der Waals surface area contributed by atoms with E-state index in [4.69, 9.17) is 4.74 Å². The monoisotopic (exact) mass is 309 g/mol. The average molecular weight is 309 g/mol. The zero-order chi connectivity index (χ0) is 16.0. The van der Waals surface area contributed by atoms with Crippen LogP contribution in [0.2, 0.25) is 0 Å². The predicted octanol–water partition coefficient (Wildman–Crippen LogP) is 3.45. The van der Waals surface area contributed by atoms with Crippen molar-refractivity contribution in [1.82, 2.24) is 4.90 Å². The van der Waals surface area contributed by atoms with Gasteiger partial charge in [0.15, 0.2) is 0 Å². The zero-order valence-electron chi connectivity index (χ0n) is 15.0. The molecule has 3 fully saturated rings. The maximum absolute atomic E-state index is 10.4. The first-order chi connectivity index (χ1) is 10.3. The number of β-amino-alcohol motifs (C(OH)–C–C–N with tert-alkyl or cyclic N) is 1. The molecule has 0 aromatic rings. The molecule has 5 atom stereocenters. The number of aliphatic hydroxyl groups excluding tert-OH is 1. The predicted molar refractivity (Wildman–Crippen MR) is 89.9 cm³/mol. The number of rotatable bonds is 5. The first kappa shape index (κ1) is 16.7. The van der Waals surface area contributed by atoms with Crippen LogP contribution in [0.25, 0.3) is 0 Å². The topological polar surface area (TPSA) is 32.7 Å². The third-order valence-electron chi connectivity index (χ3n) is 7.59. The number of fused-ring (bicyclic) bond motifs is 2. The summed E-state index contributed by atoms with van der Waals surface area (Å²) in [6.45, 7) is 11.9. The van der Waals surface area contributed by atoms with Crippen molar-refractivity contribution in [3.8, 4) is 0 Å². The number of likely N-dealkylation sites (tertiary alicyclic amines) is 1. The van der Waals surface area contributed by atoms with Crippen molar-refractivity contribution in [2.24, 2.45) is 16.7 Å². The van der Waals surface area contributed by atoms with Crippen molar-refractivity contribution >= 4 is 0 Å². The van der Waals surface area contributed by atoms with E-state index in [9.17, 15) is 5.11 Å². The largest absolute Gasteiger partial charge is 0.389 e. The molecule has 1 N–H and O–H groups in total. The van der Waals surface area contributed by atoms with Gasteiger partial charge in [-0.25, -0.2) is 0 Å². The molecule has 3 heteroatoms. The molecule has 3 rings (SSSR count). The molecule has 128 valence electrons. The maximum atomic E-state index is 10.4. The molecule has 22 heavy (non-hydrogen) atoms. The van der Waals surface area contributed by atoms with Gasteiger partial charge >= 0.3 is 0 Å². The van der Waals surface area contributed by atoms with E-state index < -0.39 is 0 Å². The van der Waals surface area contributed by atoms with Crippen molar-refractivity contribution in [2.75, 3.05) is 19.7 Å². The summed E-state index contributed by atoms with van der Waals surface area (Å²) >= 11 is 0. The van der Waals surface area contributed by atoms with E-state index in [1.54, 1.807) is 0 Å². The van der Waals surface area contributed by atoms with E-state index in [2.05, 4.69) is 32.6 Å². The fourth-order valence-corrected chi connectivity index (χ4v) is 5.36. The molecule has 3 aliphatic rings. The van der Waals surface area contributed by atoms with E-state index in [-0.39, 0.29) is 6.10 Å². The number of hydrogen-bond acceptors (Lipinski definition) is 3. The van der Waals surface area contributed by atoms with Crippen molar-refractivity contribution in [3.05, 3.63) is 0 Å². The first-order valence-corrected chi connectivity index (χ1v) is 9.38. The van der Waals surface area contributed by atoms with Crippen molar-refractivity contribution in [2.45, 2.75) is 84.5 Å². The molecule has 1 heterocycles. The summed E-state index contributed by atoms with van der Waals surface area (Å²) in [6.07, 6.45) is 7.71. The van der Waals surface area contributed by atoms with Crippen LogP contribution < -0.4 is 0 Å². The fraction of sp³-hybridized carbons (Fsp3) is 1.00. The Bertz CT molecular complexity index is 397. The van der Waals surface area contributed by atoms with Gasteiger partial charge in [0.25, 0.3) is 0 Å². The average Bonchev–Trinajstić information content (AvgIpc) is 2.80. The summed E-state index contributed by atoms with van der Waals surface area (Å²) in [7, 11) is 0. The lowest BCUT2D eigenvalue weighted by Crippen LogP contribution is -2.44. The Morgan fingerprint density at radius 1 is 1.23 bits per heavy atom. The van der Waals surface area contributed by atoms with Crippen molar-refractivity contribution < 1.29 is 9.84 Å². The molecule has 2 bridgehead atoms. The van der Waals surface area contributed by atoms with E-state index in [0.29, 0.717) is 29.6 Å². The minimum atomic E-state index is -0.341. The van der Waals surface area contributed by atoms with Crippen molar-refractivity contribution in [3.63, 3.8) is 0 Å². The van der Waals surface area contributed by atoms with Gasteiger partial charge in [0.05, 0.1) is 18.8 Å². The van der Waals surface area contributed by atoms with Crippen LogP contribution in [0, 0.1) is 16.7 Å². The standard InChI is InChI=1S/C19H35NO2/c1-14-7-5-6-10-20(14)12-16(21)13-22-17-11-15-8-9-19(17,4)18(15,2)3/h14-17,21H,5-13H2,1-4H3/t14-,15-,16+,17-,19-/m1/s1. The van der Waals surface area contributed by atoms with Crippen LogP contribution in [0.5, 0.6) is 0 Å². The minimum absolute atomic E-state index is 0.301. The molecule has 0 aromatic carbocycles. The lowest BCUT2D eigenvalue weighted by atomic mass is 9.70. The maximum Gasteiger partial charge on any atom is 0.0900 e. The SMILES string of the molecule is C[C@@H]1CCCCN1C[C@H](O)CO[C@@H]1C[C@H]2CC[C@@]1(C)C2(C)C. The lowest BCUT2D eigenvalue weighted by molar-refractivity contribution is -0.0816. The number of ether oxygens (including phenoxy) is 1. The molecule has 1 aliphatic heterocycles. The fourth-order valence-electron chi connectivity index (χ4n) is 5.36. The van der Waals surface area contributed by atoms with Gasteiger partial charge in [-0.05, 0) is 62.3 Å². The van der Waals surface area contributed by atoms with Crippen LogP contribution >= 0.6 is 0 Å². The Balaban J connectivity index is 1.49. The third-order valence-corrected chi connectivity index (χ3v) is 7.59. The van der Waals surface area contributed by atoms with Crippen LogP contribution in [0.1, 0.15) is 66.2 Å². The van der Waals surface area contributed by atoms with E-state index in [1.807, 2.05) is 0 Å². The van der Waals surface area contributed by atoms with Gasteiger partial charge in [-0.3, -0.25) is 4.90 Å². The highest BCUT2D eigenvalue weighted by Crippen LogP contribution is 2.66. The Morgan fingerprint density at radius 3 is 2.59 bits per heavy atom. The first-order valence-electron chi connectivity index (χ1n) is 9.38. The van der Waals surface area contributed by atoms with Gasteiger partial charge in [0.1, 0.15) is 0 Å². The molecule has 0 radical (unpaired) electrons. The van der Waals surface area contributed by atoms with Gasteiger partial charge < -0.3 is 9.84 Å². The van der Waals surface area contributed by atoms with Gasteiger partial charge in [0, 0.05) is 12.6 Å². The smallest absolute Gasteiger partial charge is 0.0900 e. The van der Waals surface area contributed by atoms with Gasteiger partial charge in [-0.2, -0.15) is 0 Å². The molecule has 3 nitrogen and oxygen atoms in total. The van der Waals surface area contributed by atoms with Crippen LogP contribution in [-0.4, -0.2) is 48.0 Å². The van der Waals surface area contributed by atoms with Crippen LogP contribution in [0.3, 0.4) is 0 Å². The summed E-state index contributed by atoms with van der Waals surface area (Å²) in [5, 5.41) is 10.4. The Labute approximate surface area is 136 Å². The molecule has 1 saturated heterocycles. The number of aliphatic hydroxyl groups is 1. The molecule has 2 saturated carbocycles. The molecule has 2 aliphatic carbocycles. The van der Waals surface area contributed by atoms with Crippen molar-refractivity contribution in [1.29, 1.82) is 0 Å². The highest BCUT2D eigenvalue weighted by atomic mass is 16.5. The second-order valence-electron chi connectivity index (χ2n) is 8.93. The summed E-state index contributed by atoms with van der Waals surface area (Å²) in [4.78, 5) is 2.43. The molecule has 0 unspecified atom stereocenters. The van der Waals surface area contributed by atoms with Crippen LogP contribution in [0.4, 0.5) is 0 Å². The highest BCUT2D eigenvalue weighted by molar-refractivity contribution is 5.11. The third kappa shape index (κ3) is 2.74. The Hall–Kier alpha value is -0.120. The van der Waals surface area contributed by atoms with Gasteiger partial charge in [-0.1, -0.05) is 27.2 Å². The normalized spacial score (nSPS) is 42.7. The summed E-state index contributed by atoms with van der Waals surface area (Å²) < 4.78 is 6.24. The van der Waals surface area contributed by atoms with Gasteiger partial charge in [-0.15, -0.1) is 0 Å². The Morgan fingerprint density at radius 2 is 2.00 bits per heavy atom. The lowest BCUT2D eigenvalue weighted by Gasteiger charge is -2.39. The molecular weight excluding hydrogens is 274 g/mol. The van der Waals surface area contributed by atoms with Crippen LogP contribution in [-0.2, 0) is 4.74 Å². The number of piperidine rings is 1. The van der Waals surface area contributed by atoms with E-state index >= 15 is 0 Å². The van der Waals surface area contributed by atoms with E-state index in [1.165, 1.54) is 38.5 Å². The highest BCUT2D eigenvalue weighted by Gasteiger charge is 2.61. The van der Waals surface area contributed by atoms with Gasteiger partial charge in [0.2, 0.25) is 0 Å². The summed E-state index contributed by atoms with van der Waals surface area (Å²) in [6, 6.07) is 0.613.